The van der Waals surface area contributed by atoms with Crippen LogP contribution in [0.1, 0.15) is 36.5 Å². The lowest BCUT2D eigenvalue weighted by Gasteiger charge is -2.55. The van der Waals surface area contributed by atoms with Gasteiger partial charge in [-0.2, -0.15) is 0 Å². The van der Waals surface area contributed by atoms with E-state index in [1.807, 2.05) is 42.5 Å². The molecule has 0 aliphatic carbocycles. The molecule has 3 fully saturated rings. The number of quaternary nitrogens is 1. The quantitative estimate of drug-likeness (QED) is 0.505. The molecule has 26 heavy (non-hydrogen) atoms. The zero-order valence-electron chi connectivity index (χ0n) is 14.8. The Morgan fingerprint density at radius 3 is 2.35 bits per heavy atom. The first kappa shape index (κ1) is 17.2. The number of hydrogen-bond acceptors (Lipinski definition) is 3. The number of benzene rings is 2. The average molecular weight is 353 g/mol. The SMILES string of the molecule is O=[N+]([O-])c1ccc(C[N+]23CCC(CC2)C[C@@H]3[C@@H](O)c2ccccc2)cc1. The third kappa shape index (κ3) is 3.13. The number of fused-ring (bicyclic) bond motifs is 3. The van der Waals surface area contributed by atoms with E-state index in [0.717, 1.165) is 47.6 Å². The predicted octanol–water partition coefficient (Wildman–Crippen LogP) is 3.83. The third-order valence-electron chi connectivity index (χ3n) is 6.39. The number of nitrogens with zero attached hydrogens (tertiary/aromatic N) is 2. The fraction of sp³-hybridized carbons (Fsp3) is 0.429. The van der Waals surface area contributed by atoms with Crippen LogP contribution < -0.4 is 0 Å². The molecule has 3 aliphatic heterocycles. The summed E-state index contributed by atoms with van der Waals surface area (Å²) >= 11 is 0. The van der Waals surface area contributed by atoms with Crippen LogP contribution in [0.5, 0.6) is 0 Å². The van der Waals surface area contributed by atoms with Crippen molar-refractivity contribution < 1.29 is 14.5 Å². The Hall–Kier alpha value is -2.24. The van der Waals surface area contributed by atoms with E-state index in [1.165, 1.54) is 12.8 Å². The Kier molecular flexibility index (Phi) is 4.51. The minimum absolute atomic E-state index is 0.131. The standard InChI is InChI=1S/C21H25N2O3/c24-21(18-4-2-1-3-5-18)20-14-16-10-12-23(20,13-11-16)15-17-6-8-19(9-7-17)22(25)26/h1-9,16,20-21,24H,10-15H2/q+1/t16?,20-,21+,23?/m1/s1. The molecule has 136 valence electrons. The van der Waals surface area contributed by atoms with Crippen LogP contribution >= 0.6 is 0 Å². The second-order valence-corrected chi connectivity index (χ2v) is 7.85. The molecule has 1 N–H and O–H groups in total. The van der Waals surface area contributed by atoms with E-state index in [4.69, 9.17) is 0 Å². The van der Waals surface area contributed by atoms with Crippen molar-refractivity contribution in [1.82, 2.24) is 0 Å². The van der Waals surface area contributed by atoms with E-state index in [2.05, 4.69) is 0 Å². The number of nitro groups is 1. The molecule has 2 aromatic carbocycles. The maximum Gasteiger partial charge on any atom is 0.269 e. The number of piperidine rings is 3. The lowest BCUT2D eigenvalue weighted by molar-refractivity contribution is -0.981. The molecule has 0 amide bonds. The highest BCUT2D eigenvalue weighted by Crippen LogP contribution is 2.44. The molecular weight excluding hydrogens is 328 g/mol. The Morgan fingerprint density at radius 1 is 1.08 bits per heavy atom. The molecule has 2 atom stereocenters. The molecule has 3 saturated heterocycles. The fourth-order valence-corrected chi connectivity index (χ4v) is 4.93. The second-order valence-electron chi connectivity index (χ2n) is 7.85. The summed E-state index contributed by atoms with van der Waals surface area (Å²) < 4.78 is 0.893. The maximum atomic E-state index is 11.1. The summed E-state index contributed by atoms with van der Waals surface area (Å²) in [6.45, 7) is 2.99. The summed E-state index contributed by atoms with van der Waals surface area (Å²) in [5.74, 6) is 0.718. The van der Waals surface area contributed by atoms with Crippen LogP contribution in [0, 0.1) is 16.0 Å². The molecule has 3 heterocycles. The molecule has 2 aromatic rings. The van der Waals surface area contributed by atoms with E-state index >= 15 is 0 Å². The number of aliphatic hydroxyl groups is 1. The highest BCUT2D eigenvalue weighted by atomic mass is 16.6. The van der Waals surface area contributed by atoms with Crippen LogP contribution in [0.3, 0.4) is 0 Å². The third-order valence-corrected chi connectivity index (χ3v) is 6.39. The van der Waals surface area contributed by atoms with Crippen molar-refractivity contribution in [2.24, 2.45) is 5.92 Å². The molecule has 5 rings (SSSR count). The van der Waals surface area contributed by atoms with Crippen molar-refractivity contribution >= 4 is 5.69 Å². The monoisotopic (exact) mass is 353 g/mol. The van der Waals surface area contributed by atoms with Crippen LogP contribution in [0.25, 0.3) is 0 Å². The summed E-state index contributed by atoms with van der Waals surface area (Å²) in [4.78, 5) is 10.5. The highest BCUT2D eigenvalue weighted by Gasteiger charge is 2.50. The number of non-ortho nitro benzene ring substituents is 1. The van der Waals surface area contributed by atoms with E-state index in [0.29, 0.717) is 0 Å². The molecule has 5 heteroatoms. The smallest absolute Gasteiger partial charge is 0.269 e. The normalized spacial score (nSPS) is 28.7. The first-order valence-electron chi connectivity index (χ1n) is 9.39. The van der Waals surface area contributed by atoms with Gasteiger partial charge in [-0.3, -0.25) is 10.1 Å². The predicted molar refractivity (Wildman–Crippen MR) is 99.3 cm³/mol. The Bertz CT molecular complexity index is 768. The molecule has 0 aromatic heterocycles. The first-order valence-corrected chi connectivity index (χ1v) is 9.39. The van der Waals surface area contributed by atoms with Gasteiger partial charge in [-0.1, -0.05) is 30.3 Å². The lowest BCUT2D eigenvalue weighted by Crippen LogP contribution is -2.65. The van der Waals surface area contributed by atoms with E-state index < -0.39 is 6.10 Å². The zero-order valence-corrected chi connectivity index (χ0v) is 14.8. The van der Waals surface area contributed by atoms with Gasteiger partial charge in [0, 0.05) is 24.1 Å². The van der Waals surface area contributed by atoms with Gasteiger partial charge in [0.15, 0.2) is 0 Å². The van der Waals surface area contributed by atoms with Crippen LogP contribution in [-0.2, 0) is 6.54 Å². The van der Waals surface area contributed by atoms with Gasteiger partial charge in [0.2, 0.25) is 0 Å². The van der Waals surface area contributed by atoms with E-state index in [-0.39, 0.29) is 16.7 Å². The van der Waals surface area contributed by atoms with Gasteiger partial charge in [0.05, 0.1) is 18.0 Å². The van der Waals surface area contributed by atoms with E-state index in [9.17, 15) is 15.2 Å². The van der Waals surface area contributed by atoms with Crippen molar-refractivity contribution in [3.63, 3.8) is 0 Å². The lowest BCUT2D eigenvalue weighted by atomic mass is 9.77. The maximum absolute atomic E-state index is 11.1. The summed E-state index contributed by atoms with van der Waals surface area (Å²) in [6, 6.07) is 17.1. The Balaban J connectivity index is 1.61. The van der Waals surface area contributed by atoms with Crippen molar-refractivity contribution in [3.05, 3.63) is 75.8 Å². The number of hydrogen-bond donors (Lipinski definition) is 1. The van der Waals surface area contributed by atoms with Crippen molar-refractivity contribution in [2.75, 3.05) is 13.1 Å². The number of rotatable bonds is 5. The minimum Gasteiger partial charge on any atom is -0.382 e. The van der Waals surface area contributed by atoms with Gasteiger partial charge in [0.1, 0.15) is 18.7 Å². The summed E-state index contributed by atoms with van der Waals surface area (Å²) in [5.41, 5.74) is 2.24. The van der Waals surface area contributed by atoms with Gasteiger partial charge in [0.25, 0.3) is 5.69 Å². The Labute approximate surface area is 153 Å². The molecule has 0 spiro atoms. The van der Waals surface area contributed by atoms with Crippen LogP contribution in [0.4, 0.5) is 5.69 Å². The van der Waals surface area contributed by atoms with Crippen molar-refractivity contribution in [1.29, 1.82) is 0 Å². The van der Waals surface area contributed by atoms with E-state index in [1.54, 1.807) is 12.1 Å². The van der Waals surface area contributed by atoms with Crippen LogP contribution in [-0.4, -0.2) is 33.6 Å². The van der Waals surface area contributed by atoms with Gasteiger partial charge in [-0.25, -0.2) is 0 Å². The second kappa shape index (κ2) is 6.82. The molecular formula is C21H25N2O3+. The largest absolute Gasteiger partial charge is 0.382 e. The van der Waals surface area contributed by atoms with Crippen molar-refractivity contribution in [3.8, 4) is 0 Å². The van der Waals surface area contributed by atoms with Crippen LogP contribution in [0.15, 0.2) is 54.6 Å². The molecule has 2 bridgehead atoms. The summed E-state index contributed by atoms with van der Waals surface area (Å²) in [5, 5.41) is 22.0. The topological polar surface area (TPSA) is 63.4 Å². The molecule has 0 radical (unpaired) electrons. The molecule has 0 saturated carbocycles. The van der Waals surface area contributed by atoms with Crippen molar-refractivity contribution in [2.45, 2.75) is 38.0 Å². The van der Waals surface area contributed by atoms with Gasteiger partial charge in [-0.15, -0.1) is 0 Å². The fourth-order valence-electron chi connectivity index (χ4n) is 4.93. The summed E-state index contributed by atoms with van der Waals surface area (Å²) in [7, 11) is 0. The average Bonchev–Trinajstić information content (AvgIpc) is 2.69. The highest BCUT2D eigenvalue weighted by molar-refractivity contribution is 5.32. The molecule has 3 aliphatic rings. The first-order chi connectivity index (χ1) is 12.6. The number of nitro benzene ring substituents is 1. The number of aliphatic hydroxyl groups excluding tert-OH is 1. The van der Waals surface area contributed by atoms with Crippen LogP contribution in [0.2, 0.25) is 0 Å². The Morgan fingerprint density at radius 2 is 1.73 bits per heavy atom. The molecule has 5 nitrogen and oxygen atoms in total. The zero-order chi connectivity index (χ0) is 18.1. The summed E-state index contributed by atoms with van der Waals surface area (Å²) in [6.07, 6.45) is 3.02. The van der Waals surface area contributed by atoms with Gasteiger partial charge >= 0.3 is 0 Å². The van der Waals surface area contributed by atoms with Gasteiger partial charge in [-0.05, 0) is 36.5 Å². The molecule has 0 unspecified atom stereocenters. The van der Waals surface area contributed by atoms with Gasteiger partial charge < -0.3 is 9.59 Å². The minimum atomic E-state index is -0.461.